The van der Waals surface area contributed by atoms with Crippen molar-refractivity contribution in [2.24, 2.45) is 5.92 Å². The van der Waals surface area contributed by atoms with Gasteiger partial charge in [-0.25, -0.2) is 9.59 Å². The summed E-state index contributed by atoms with van der Waals surface area (Å²) < 4.78 is 0. The van der Waals surface area contributed by atoms with Gasteiger partial charge in [-0.05, 0) is 43.4 Å². The summed E-state index contributed by atoms with van der Waals surface area (Å²) in [4.78, 5) is 25.0. The molecule has 5 heteroatoms. The summed E-state index contributed by atoms with van der Waals surface area (Å²) >= 11 is 0. The van der Waals surface area contributed by atoms with Crippen molar-refractivity contribution in [2.75, 3.05) is 6.54 Å². The lowest BCUT2D eigenvalue weighted by Crippen LogP contribution is -2.49. The number of hydrogen-bond donors (Lipinski definition) is 2. The molecule has 114 valence electrons. The number of carbonyl (C=O) groups excluding carboxylic acids is 1. The summed E-state index contributed by atoms with van der Waals surface area (Å²) in [6, 6.07) is 6.82. The topological polar surface area (TPSA) is 69.6 Å². The summed E-state index contributed by atoms with van der Waals surface area (Å²) in [5.41, 5.74) is 1.03. The highest BCUT2D eigenvalue weighted by atomic mass is 16.4. The molecule has 0 bridgehead atoms. The number of nitrogens with one attached hydrogen (secondary N) is 1. The van der Waals surface area contributed by atoms with Crippen molar-refractivity contribution in [3.8, 4) is 0 Å². The van der Waals surface area contributed by atoms with Crippen LogP contribution in [0.25, 0.3) is 0 Å². The van der Waals surface area contributed by atoms with Gasteiger partial charge in [0.25, 0.3) is 0 Å². The molecule has 2 unspecified atom stereocenters. The van der Waals surface area contributed by atoms with E-state index in [1.54, 1.807) is 18.2 Å². The number of urea groups is 1. The van der Waals surface area contributed by atoms with E-state index in [4.69, 9.17) is 5.11 Å². The Morgan fingerprint density at radius 3 is 2.81 bits per heavy atom. The number of carbonyl (C=O) groups is 2. The zero-order chi connectivity index (χ0) is 15.4. The molecule has 0 saturated carbocycles. The van der Waals surface area contributed by atoms with Crippen molar-refractivity contribution in [1.29, 1.82) is 0 Å². The predicted molar refractivity (Wildman–Crippen MR) is 80.2 cm³/mol. The van der Waals surface area contributed by atoms with Crippen LogP contribution in [0.15, 0.2) is 24.3 Å². The van der Waals surface area contributed by atoms with Crippen molar-refractivity contribution in [3.63, 3.8) is 0 Å². The minimum atomic E-state index is -0.957. The Morgan fingerprint density at radius 1 is 1.33 bits per heavy atom. The maximum atomic E-state index is 12.2. The van der Waals surface area contributed by atoms with Crippen LogP contribution in [0.3, 0.4) is 0 Å². The molecular formula is C16H22N2O3. The number of carboxylic acids is 1. The number of carboxylic acid groups (broad SMARTS) is 1. The molecule has 2 rings (SSSR count). The van der Waals surface area contributed by atoms with Gasteiger partial charge < -0.3 is 15.3 Å². The van der Waals surface area contributed by atoms with Crippen molar-refractivity contribution >= 4 is 12.0 Å². The standard InChI is InChI=1S/C16H22N2O3/c1-11-6-7-12(2)18(10-11)16(21)17-9-13-4-3-5-14(8-13)15(19)20/h3-5,8,11-12H,6-7,9-10H2,1-2H3,(H,17,21)(H,19,20). The van der Waals surface area contributed by atoms with Crippen LogP contribution in [0, 0.1) is 5.92 Å². The lowest BCUT2D eigenvalue weighted by Gasteiger charge is -2.36. The van der Waals surface area contributed by atoms with Crippen LogP contribution in [0.4, 0.5) is 4.79 Å². The van der Waals surface area contributed by atoms with Gasteiger partial charge in [-0.3, -0.25) is 0 Å². The Morgan fingerprint density at radius 2 is 2.10 bits per heavy atom. The molecule has 1 aliphatic heterocycles. The average Bonchev–Trinajstić information content (AvgIpc) is 2.47. The first kappa shape index (κ1) is 15.4. The first-order valence-corrected chi connectivity index (χ1v) is 7.34. The number of aromatic carboxylic acids is 1. The predicted octanol–water partition coefficient (Wildman–Crippen LogP) is 2.71. The molecular weight excluding hydrogens is 268 g/mol. The van der Waals surface area contributed by atoms with E-state index in [9.17, 15) is 9.59 Å². The van der Waals surface area contributed by atoms with Gasteiger partial charge in [-0.15, -0.1) is 0 Å². The van der Waals surface area contributed by atoms with E-state index < -0.39 is 5.97 Å². The number of amides is 2. The Hall–Kier alpha value is -2.04. The van der Waals surface area contributed by atoms with Gasteiger partial charge in [0, 0.05) is 19.1 Å². The zero-order valence-electron chi connectivity index (χ0n) is 12.5. The van der Waals surface area contributed by atoms with Crippen molar-refractivity contribution in [2.45, 2.75) is 39.3 Å². The normalized spacial score (nSPS) is 21.9. The SMILES string of the molecule is CC1CCC(C)N(C(=O)NCc2cccc(C(=O)O)c2)C1. The fraction of sp³-hybridized carbons (Fsp3) is 0.500. The van der Waals surface area contributed by atoms with E-state index >= 15 is 0 Å². The van der Waals surface area contributed by atoms with Crippen molar-refractivity contribution in [3.05, 3.63) is 35.4 Å². The molecule has 1 aromatic carbocycles. The summed E-state index contributed by atoms with van der Waals surface area (Å²) in [7, 11) is 0. The third-order valence-electron chi connectivity index (χ3n) is 4.00. The van der Waals surface area contributed by atoms with Crippen molar-refractivity contribution < 1.29 is 14.7 Å². The van der Waals surface area contributed by atoms with Crippen LogP contribution < -0.4 is 5.32 Å². The maximum absolute atomic E-state index is 12.2. The summed E-state index contributed by atoms with van der Waals surface area (Å²) in [6.45, 7) is 5.35. The van der Waals surface area contributed by atoms with Crippen molar-refractivity contribution in [1.82, 2.24) is 10.2 Å². The van der Waals surface area contributed by atoms with E-state index in [0.29, 0.717) is 12.5 Å². The Kier molecular flexibility index (Phi) is 4.83. The maximum Gasteiger partial charge on any atom is 0.335 e. The Labute approximate surface area is 125 Å². The van der Waals surface area contributed by atoms with E-state index in [1.165, 1.54) is 0 Å². The van der Waals surface area contributed by atoms with E-state index in [2.05, 4.69) is 19.2 Å². The molecule has 0 spiro atoms. The quantitative estimate of drug-likeness (QED) is 0.899. The number of piperidine rings is 1. The Balaban J connectivity index is 1.94. The molecule has 2 amide bonds. The number of benzene rings is 1. The van der Waals surface area contributed by atoms with Gasteiger partial charge in [-0.2, -0.15) is 0 Å². The van der Waals surface area contributed by atoms with Gasteiger partial charge >= 0.3 is 12.0 Å². The van der Waals surface area contributed by atoms with E-state index in [1.807, 2.05) is 11.0 Å². The lowest BCUT2D eigenvalue weighted by molar-refractivity contribution is 0.0696. The third-order valence-corrected chi connectivity index (χ3v) is 4.00. The monoisotopic (exact) mass is 290 g/mol. The fourth-order valence-electron chi connectivity index (χ4n) is 2.67. The largest absolute Gasteiger partial charge is 0.478 e. The summed E-state index contributed by atoms with van der Waals surface area (Å²) in [5.74, 6) is -0.427. The van der Waals surface area contributed by atoms with Gasteiger partial charge in [0.15, 0.2) is 0 Å². The van der Waals surface area contributed by atoms with Crippen LogP contribution in [0.2, 0.25) is 0 Å². The highest BCUT2D eigenvalue weighted by molar-refractivity contribution is 5.87. The van der Waals surface area contributed by atoms with E-state index in [-0.39, 0.29) is 17.6 Å². The minimum absolute atomic E-state index is 0.0743. The molecule has 1 fully saturated rings. The first-order chi connectivity index (χ1) is 9.97. The van der Waals surface area contributed by atoms with E-state index in [0.717, 1.165) is 24.9 Å². The highest BCUT2D eigenvalue weighted by Crippen LogP contribution is 2.21. The smallest absolute Gasteiger partial charge is 0.335 e. The fourth-order valence-corrected chi connectivity index (χ4v) is 2.67. The molecule has 0 aliphatic carbocycles. The molecule has 2 N–H and O–H groups in total. The second kappa shape index (κ2) is 6.61. The van der Waals surface area contributed by atoms with Crippen LogP contribution in [-0.4, -0.2) is 34.6 Å². The number of likely N-dealkylation sites (tertiary alicyclic amines) is 1. The third kappa shape index (κ3) is 3.97. The molecule has 1 saturated heterocycles. The molecule has 1 aliphatic rings. The Bertz CT molecular complexity index is 530. The second-order valence-corrected chi connectivity index (χ2v) is 5.85. The molecule has 21 heavy (non-hydrogen) atoms. The summed E-state index contributed by atoms with van der Waals surface area (Å²) in [5, 5.41) is 11.8. The van der Waals surface area contributed by atoms with Gasteiger partial charge in [0.2, 0.25) is 0 Å². The molecule has 0 aromatic heterocycles. The zero-order valence-corrected chi connectivity index (χ0v) is 12.5. The van der Waals surface area contributed by atoms with Gasteiger partial charge in [0.05, 0.1) is 5.56 Å². The molecule has 5 nitrogen and oxygen atoms in total. The number of rotatable bonds is 3. The van der Waals surface area contributed by atoms with Crippen LogP contribution in [0.1, 0.15) is 42.6 Å². The van der Waals surface area contributed by atoms with Gasteiger partial charge in [0.1, 0.15) is 0 Å². The minimum Gasteiger partial charge on any atom is -0.478 e. The summed E-state index contributed by atoms with van der Waals surface area (Å²) in [6.07, 6.45) is 2.19. The number of hydrogen-bond acceptors (Lipinski definition) is 2. The van der Waals surface area contributed by atoms with Crippen LogP contribution in [0.5, 0.6) is 0 Å². The molecule has 2 atom stereocenters. The lowest BCUT2D eigenvalue weighted by atomic mass is 9.95. The van der Waals surface area contributed by atoms with Crippen LogP contribution in [-0.2, 0) is 6.54 Å². The average molecular weight is 290 g/mol. The van der Waals surface area contributed by atoms with Gasteiger partial charge in [-0.1, -0.05) is 19.1 Å². The van der Waals surface area contributed by atoms with Crippen LogP contribution >= 0.6 is 0 Å². The first-order valence-electron chi connectivity index (χ1n) is 7.34. The number of nitrogens with zero attached hydrogens (tertiary/aromatic N) is 1. The highest BCUT2D eigenvalue weighted by Gasteiger charge is 2.26. The molecule has 0 radical (unpaired) electrons. The molecule has 1 heterocycles. The second-order valence-electron chi connectivity index (χ2n) is 5.85. The molecule has 1 aromatic rings.